The number of hydrogen-bond donors (Lipinski definition) is 1. The Balaban J connectivity index is 4.02. The number of carbonyl (C=O) groups is 2. The van der Waals surface area contributed by atoms with E-state index in [1.165, 1.54) is 96.3 Å². The third kappa shape index (κ3) is 44.6. The number of carbonyl (C=O) groups excluding carboxylic acids is 2. The molecule has 0 amide bonds. The van der Waals surface area contributed by atoms with Gasteiger partial charge in [0.15, 0.2) is 6.10 Å². The van der Waals surface area contributed by atoms with Crippen LogP contribution >= 0.6 is 7.82 Å². The number of allylic oxidation sites excluding steroid dienone is 14. The Labute approximate surface area is 361 Å². The largest absolute Gasteiger partial charge is 0.472 e. The highest BCUT2D eigenvalue weighted by molar-refractivity contribution is 7.47. The second-order valence-corrected chi connectivity index (χ2v) is 16.7. The SMILES string of the molecule is CC/C=C\C/C=C\C/C=C\C/C=C\C/C=C\CCCC(=O)OC(COC(=O)CCCCCCCCCCCCC/C=C\C/C=C\CCCCCCC)COP(=O)(O)OC. The first-order valence-electron chi connectivity index (χ1n) is 23.3. The summed E-state index contributed by atoms with van der Waals surface area (Å²) < 4.78 is 32.0. The monoisotopic (exact) mass is 845 g/mol. The van der Waals surface area contributed by atoms with Gasteiger partial charge >= 0.3 is 19.8 Å². The van der Waals surface area contributed by atoms with Crippen LogP contribution in [0, 0.1) is 0 Å². The first-order valence-corrected chi connectivity index (χ1v) is 24.8. The van der Waals surface area contributed by atoms with Gasteiger partial charge in [-0.15, -0.1) is 0 Å². The highest BCUT2D eigenvalue weighted by atomic mass is 31.2. The van der Waals surface area contributed by atoms with Crippen molar-refractivity contribution in [1.29, 1.82) is 0 Å². The molecule has 59 heavy (non-hydrogen) atoms. The molecule has 0 saturated heterocycles. The van der Waals surface area contributed by atoms with Gasteiger partial charge in [-0.25, -0.2) is 4.57 Å². The number of phosphoric acid groups is 1. The minimum Gasteiger partial charge on any atom is -0.462 e. The van der Waals surface area contributed by atoms with Gasteiger partial charge in [0.25, 0.3) is 0 Å². The normalized spacial score (nSPS) is 14.0. The minimum atomic E-state index is -4.29. The highest BCUT2D eigenvalue weighted by Gasteiger charge is 2.24. The van der Waals surface area contributed by atoms with Crippen LogP contribution in [0.1, 0.15) is 194 Å². The molecule has 0 bridgehead atoms. The number of rotatable bonds is 42. The van der Waals surface area contributed by atoms with E-state index in [1.807, 2.05) is 6.08 Å². The Morgan fingerprint density at radius 2 is 0.881 bits per heavy atom. The second-order valence-electron chi connectivity index (χ2n) is 15.2. The van der Waals surface area contributed by atoms with Crippen molar-refractivity contribution in [2.75, 3.05) is 20.3 Å². The molecule has 0 aromatic carbocycles. The highest BCUT2D eigenvalue weighted by Crippen LogP contribution is 2.42. The van der Waals surface area contributed by atoms with Crippen LogP contribution in [-0.2, 0) is 32.7 Å². The summed E-state index contributed by atoms with van der Waals surface area (Å²) in [6.07, 6.45) is 59.4. The van der Waals surface area contributed by atoms with Crippen LogP contribution < -0.4 is 0 Å². The third-order valence-corrected chi connectivity index (χ3v) is 10.6. The Hall–Kier alpha value is -2.77. The van der Waals surface area contributed by atoms with Crippen molar-refractivity contribution in [2.24, 2.45) is 0 Å². The molecule has 338 valence electrons. The molecule has 0 heterocycles. The molecule has 0 aromatic heterocycles. The van der Waals surface area contributed by atoms with Gasteiger partial charge in [0, 0.05) is 20.0 Å². The topological polar surface area (TPSA) is 108 Å². The summed E-state index contributed by atoms with van der Waals surface area (Å²) in [6.45, 7) is 3.72. The number of esters is 2. The molecule has 0 aliphatic heterocycles. The quantitative estimate of drug-likeness (QED) is 0.0280. The summed E-state index contributed by atoms with van der Waals surface area (Å²) in [5, 5.41) is 0. The van der Waals surface area contributed by atoms with Crippen LogP contribution in [0.25, 0.3) is 0 Å². The fourth-order valence-electron chi connectivity index (χ4n) is 6.08. The van der Waals surface area contributed by atoms with E-state index < -0.39 is 26.5 Å². The molecular formula is C50H85O8P. The Bertz CT molecular complexity index is 1230. The van der Waals surface area contributed by atoms with Gasteiger partial charge in [0.05, 0.1) is 6.61 Å². The van der Waals surface area contributed by atoms with E-state index in [0.29, 0.717) is 12.8 Å². The van der Waals surface area contributed by atoms with E-state index in [9.17, 15) is 19.0 Å². The molecule has 0 radical (unpaired) electrons. The van der Waals surface area contributed by atoms with Crippen LogP contribution in [0.4, 0.5) is 0 Å². The van der Waals surface area contributed by atoms with Crippen molar-refractivity contribution in [3.05, 3.63) is 85.1 Å². The summed E-state index contributed by atoms with van der Waals surface area (Å²) in [5.41, 5.74) is 0. The van der Waals surface area contributed by atoms with Gasteiger partial charge in [-0.3, -0.25) is 18.6 Å². The van der Waals surface area contributed by atoms with E-state index in [2.05, 4.69) is 97.4 Å². The molecular weight excluding hydrogens is 760 g/mol. The molecule has 2 unspecified atom stereocenters. The molecule has 2 atom stereocenters. The van der Waals surface area contributed by atoms with Gasteiger partial charge in [-0.2, -0.15) is 0 Å². The summed E-state index contributed by atoms with van der Waals surface area (Å²) >= 11 is 0. The zero-order valence-electron chi connectivity index (χ0n) is 37.6. The first kappa shape index (κ1) is 56.2. The maximum atomic E-state index is 12.5. The van der Waals surface area contributed by atoms with Crippen molar-refractivity contribution < 1.29 is 37.6 Å². The lowest BCUT2D eigenvalue weighted by Gasteiger charge is -2.19. The molecule has 0 aromatic rings. The molecule has 9 heteroatoms. The molecule has 1 N–H and O–H groups in total. The van der Waals surface area contributed by atoms with Gasteiger partial charge in [0.2, 0.25) is 0 Å². The fourth-order valence-corrected chi connectivity index (χ4v) is 6.54. The van der Waals surface area contributed by atoms with Gasteiger partial charge < -0.3 is 14.4 Å². The molecule has 0 aliphatic carbocycles. The predicted octanol–water partition coefficient (Wildman–Crippen LogP) is 15.1. The van der Waals surface area contributed by atoms with E-state index in [4.69, 9.17) is 14.0 Å². The maximum Gasteiger partial charge on any atom is 0.472 e. The lowest BCUT2D eigenvalue weighted by Crippen LogP contribution is -2.29. The van der Waals surface area contributed by atoms with Gasteiger partial charge in [0.1, 0.15) is 6.61 Å². The van der Waals surface area contributed by atoms with Crippen LogP contribution in [0.15, 0.2) is 85.1 Å². The average Bonchev–Trinajstić information content (AvgIpc) is 3.23. The summed E-state index contributed by atoms with van der Waals surface area (Å²) in [6, 6.07) is 0. The molecule has 8 nitrogen and oxygen atoms in total. The minimum absolute atomic E-state index is 0.162. The number of unbranched alkanes of at least 4 members (excludes halogenated alkanes) is 17. The molecule has 0 fully saturated rings. The standard InChI is InChI=1S/C50H85O8P/c1-4-6-8-10-12-14-16-18-20-22-23-24-25-26-27-29-30-32-34-36-38-40-42-44-49(51)56-46-48(47-57-59(53,54)55-3)58-50(52)45-43-41-39-37-35-33-31-28-21-19-17-15-13-11-9-7-5-2/h7,9,13,15-16,18-19,21-23,31,33,37,39,48H,4-6,8,10-12,14,17,20,24-30,32,34-36,38,40-47H2,1-3H3,(H,53,54)/b9-7-,15-13-,18-16-,21-19-,23-22-,33-31-,39-37-. The lowest BCUT2D eigenvalue weighted by molar-refractivity contribution is -0.161. The fraction of sp³-hybridized carbons (Fsp3) is 0.680. The van der Waals surface area contributed by atoms with Crippen molar-refractivity contribution in [3.63, 3.8) is 0 Å². The van der Waals surface area contributed by atoms with E-state index in [-0.39, 0.29) is 25.4 Å². The van der Waals surface area contributed by atoms with E-state index in [1.54, 1.807) is 0 Å². The number of ether oxygens (including phenoxy) is 2. The van der Waals surface area contributed by atoms with Crippen LogP contribution in [0.3, 0.4) is 0 Å². The average molecular weight is 845 g/mol. The van der Waals surface area contributed by atoms with E-state index in [0.717, 1.165) is 64.9 Å². The van der Waals surface area contributed by atoms with Crippen molar-refractivity contribution in [3.8, 4) is 0 Å². The molecule has 0 rings (SSSR count). The molecule has 0 saturated carbocycles. The second kappa shape index (κ2) is 44.8. The zero-order chi connectivity index (χ0) is 43.2. The van der Waals surface area contributed by atoms with E-state index >= 15 is 0 Å². The summed E-state index contributed by atoms with van der Waals surface area (Å²) in [5.74, 6) is -0.878. The number of hydrogen-bond acceptors (Lipinski definition) is 7. The summed E-state index contributed by atoms with van der Waals surface area (Å²) in [4.78, 5) is 34.5. The smallest absolute Gasteiger partial charge is 0.462 e. The Kier molecular flexibility index (Phi) is 42.7. The van der Waals surface area contributed by atoms with Crippen LogP contribution in [-0.4, -0.2) is 43.3 Å². The van der Waals surface area contributed by atoms with Crippen LogP contribution in [0.5, 0.6) is 0 Å². The van der Waals surface area contributed by atoms with Crippen molar-refractivity contribution in [2.45, 2.75) is 200 Å². The number of phosphoric ester groups is 1. The maximum absolute atomic E-state index is 12.5. The Morgan fingerprint density at radius 3 is 1.34 bits per heavy atom. The predicted molar refractivity (Wildman–Crippen MR) is 248 cm³/mol. The van der Waals surface area contributed by atoms with Gasteiger partial charge in [-0.05, 0) is 83.5 Å². The third-order valence-electron chi connectivity index (χ3n) is 9.62. The molecule has 0 aliphatic rings. The van der Waals surface area contributed by atoms with Crippen molar-refractivity contribution >= 4 is 19.8 Å². The first-order chi connectivity index (χ1) is 28.8. The summed E-state index contributed by atoms with van der Waals surface area (Å²) in [7, 11) is -3.23. The lowest BCUT2D eigenvalue weighted by atomic mass is 10.0. The van der Waals surface area contributed by atoms with Crippen LogP contribution in [0.2, 0.25) is 0 Å². The Morgan fingerprint density at radius 1 is 0.492 bits per heavy atom. The van der Waals surface area contributed by atoms with Gasteiger partial charge in [-0.1, -0.05) is 182 Å². The van der Waals surface area contributed by atoms with Crippen molar-refractivity contribution in [1.82, 2.24) is 0 Å². The molecule has 0 spiro atoms. The zero-order valence-corrected chi connectivity index (χ0v) is 38.5.